The van der Waals surface area contributed by atoms with Gasteiger partial charge in [0.05, 0.1) is 6.61 Å². The number of amidine groups is 1. The van der Waals surface area contributed by atoms with Crippen molar-refractivity contribution in [3.05, 3.63) is 53.2 Å². The third-order valence-corrected chi connectivity index (χ3v) is 5.74. The van der Waals surface area contributed by atoms with Gasteiger partial charge in [-0.25, -0.2) is 18.8 Å². The Morgan fingerprint density at radius 1 is 1.36 bits per heavy atom. The fraction of sp³-hybridized carbons (Fsp3) is 0.412. The molecule has 0 unspecified atom stereocenters. The highest BCUT2D eigenvalue weighted by Gasteiger charge is 2.50. The van der Waals surface area contributed by atoms with Crippen LogP contribution in [0, 0.1) is 24.5 Å². The zero-order valence-corrected chi connectivity index (χ0v) is 14.4. The van der Waals surface area contributed by atoms with Gasteiger partial charge in [-0.3, -0.25) is 0 Å². The number of hydrogen-bond donors (Lipinski definition) is 1. The lowest BCUT2D eigenvalue weighted by Crippen LogP contribution is -2.48. The molecule has 8 heteroatoms. The molecule has 25 heavy (non-hydrogen) atoms. The average molecular weight is 365 g/mol. The lowest BCUT2D eigenvalue weighted by molar-refractivity contribution is -0.0606. The number of oxazole rings is 1. The Kier molecular flexibility index (Phi) is 4.04. The topological polar surface area (TPSA) is 73.6 Å². The lowest BCUT2D eigenvalue weighted by atomic mass is 9.74. The number of rotatable bonds is 2. The van der Waals surface area contributed by atoms with Crippen molar-refractivity contribution in [3.63, 3.8) is 0 Å². The molecule has 2 aliphatic heterocycles. The normalized spacial score (nSPS) is 29.2. The van der Waals surface area contributed by atoms with E-state index in [0.29, 0.717) is 28.8 Å². The number of aromatic nitrogens is 1. The van der Waals surface area contributed by atoms with Gasteiger partial charge in [0.25, 0.3) is 0 Å². The fourth-order valence-electron chi connectivity index (χ4n) is 3.54. The largest absolute Gasteiger partial charge is 0.449 e. The maximum absolute atomic E-state index is 14.5. The second kappa shape index (κ2) is 6.10. The molecule has 0 spiro atoms. The molecule has 5 nitrogen and oxygen atoms in total. The number of halogens is 2. The van der Waals surface area contributed by atoms with Crippen LogP contribution in [-0.2, 0) is 10.3 Å². The summed E-state index contributed by atoms with van der Waals surface area (Å²) in [6.45, 7) is 1.92. The van der Waals surface area contributed by atoms with Gasteiger partial charge in [0.2, 0.25) is 0 Å². The van der Waals surface area contributed by atoms with E-state index in [4.69, 9.17) is 14.9 Å². The first-order chi connectivity index (χ1) is 12.0. The van der Waals surface area contributed by atoms with Crippen molar-refractivity contribution in [2.24, 2.45) is 16.6 Å². The summed E-state index contributed by atoms with van der Waals surface area (Å²) in [6.07, 6.45) is 1.94. The predicted octanol–water partition coefficient (Wildman–Crippen LogP) is 3.30. The highest BCUT2D eigenvalue weighted by Crippen LogP contribution is 2.49. The van der Waals surface area contributed by atoms with Crippen LogP contribution in [0.5, 0.6) is 0 Å². The zero-order chi connectivity index (χ0) is 17.6. The van der Waals surface area contributed by atoms with E-state index < -0.39 is 17.2 Å². The van der Waals surface area contributed by atoms with Crippen molar-refractivity contribution in [2.75, 3.05) is 12.4 Å². The molecule has 0 saturated carbocycles. The lowest BCUT2D eigenvalue weighted by Gasteiger charge is -2.46. The molecule has 2 aliphatic rings. The van der Waals surface area contributed by atoms with Crippen LogP contribution in [0.15, 0.2) is 33.9 Å². The van der Waals surface area contributed by atoms with Crippen LogP contribution in [0.3, 0.4) is 0 Å². The van der Waals surface area contributed by atoms with E-state index >= 15 is 0 Å². The minimum absolute atomic E-state index is 0.0134. The first-order valence-corrected chi connectivity index (χ1v) is 8.94. The van der Waals surface area contributed by atoms with Crippen LogP contribution < -0.4 is 5.73 Å². The Morgan fingerprint density at radius 3 is 2.92 bits per heavy atom. The second-order valence-electron chi connectivity index (χ2n) is 6.33. The van der Waals surface area contributed by atoms with Gasteiger partial charge in [-0.05, 0) is 12.5 Å². The molecule has 2 N–H and O–H groups in total. The molecule has 1 aromatic heterocycles. The molecule has 0 amide bonds. The number of nitrogens with zero attached hydrogens (tertiary/aromatic N) is 2. The summed E-state index contributed by atoms with van der Waals surface area (Å²) >= 11 is 1.44. The molecule has 3 heterocycles. The number of benzene rings is 1. The van der Waals surface area contributed by atoms with Crippen molar-refractivity contribution in [1.29, 1.82) is 0 Å². The van der Waals surface area contributed by atoms with Crippen LogP contribution in [0.25, 0.3) is 0 Å². The van der Waals surface area contributed by atoms with Crippen LogP contribution in [0.2, 0.25) is 0 Å². The quantitative estimate of drug-likeness (QED) is 0.884. The summed E-state index contributed by atoms with van der Waals surface area (Å²) < 4.78 is 39.1. The second-order valence-corrected chi connectivity index (χ2v) is 7.37. The monoisotopic (exact) mass is 365 g/mol. The molecule has 0 bridgehead atoms. The smallest absolute Gasteiger partial charge is 0.191 e. The van der Waals surface area contributed by atoms with Crippen molar-refractivity contribution >= 4 is 16.9 Å². The number of hydrogen-bond acceptors (Lipinski definition) is 6. The summed E-state index contributed by atoms with van der Waals surface area (Å²) in [7, 11) is 0. The number of nitrogens with two attached hydrogens (primary N) is 1. The Labute approximate surface area is 147 Å². The summed E-state index contributed by atoms with van der Waals surface area (Å²) in [6, 6.07) is 3.56. The Bertz CT molecular complexity index is 841. The molecular formula is C17H17F2N3O2S. The number of thioether (sulfide) groups is 1. The van der Waals surface area contributed by atoms with E-state index in [1.54, 1.807) is 13.2 Å². The highest BCUT2D eigenvalue weighted by molar-refractivity contribution is 8.13. The number of ether oxygens (including phenoxy) is 1. The van der Waals surface area contributed by atoms with Gasteiger partial charge in [0.15, 0.2) is 11.1 Å². The molecule has 0 aliphatic carbocycles. The molecule has 1 saturated heterocycles. The van der Waals surface area contributed by atoms with Crippen LogP contribution in [0.4, 0.5) is 8.78 Å². The summed E-state index contributed by atoms with van der Waals surface area (Å²) in [5.74, 6) is -0.0133. The van der Waals surface area contributed by atoms with Gasteiger partial charge in [-0.15, -0.1) is 0 Å². The maximum atomic E-state index is 14.5. The van der Waals surface area contributed by atoms with E-state index in [2.05, 4.69) is 9.98 Å². The van der Waals surface area contributed by atoms with Crippen molar-refractivity contribution < 1.29 is 17.9 Å². The number of fused-ring (bicyclic) bond motifs is 1. The molecule has 4 rings (SSSR count). The third kappa shape index (κ3) is 2.83. The molecule has 3 atom stereocenters. The Morgan fingerprint density at radius 2 is 2.20 bits per heavy atom. The number of aliphatic imine (C=N–C) groups is 1. The molecule has 2 aromatic rings. The van der Waals surface area contributed by atoms with Crippen LogP contribution in [0.1, 0.15) is 29.7 Å². The molecule has 0 radical (unpaired) electrons. The first kappa shape index (κ1) is 16.5. The van der Waals surface area contributed by atoms with Gasteiger partial charge >= 0.3 is 0 Å². The van der Waals surface area contributed by atoms with E-state index in [-0.39, 0.29) is 18.6 Å². The predicted molar refractivity (Wildman–Crippen MR) is 90.2 cm³/mol. The van der Waals surface area contributed by atoms with Crippen molar-refractivity contribution in [1.82, 2.24) is 4.98 Å². The summed E-state index contributed by atoms with van der Waals surface area (Å²) in [4.78, 5) is 8.88. The maximum Gasteiger partial charge on any atom is 0.191 e. The van der Waals surface area contributed by atoms with Gasteiger partial charge < -0.3 is 14.9 Å². The number of aryl methyl sites for hydroxylation is 1. The van der Waals surface area contributed by atoms with Crippen LogP contribution >= 0.6 is 11.8 Å². The summed E-state index contributed by atoms with van der Waals surface area (Å²) in [5.41, 5.74) is 6.02. The molecule has 132 valence electrons. The standard InChI is InChI=1S/C17H17F2N3O2S/c1-9-21-14(6-23-9)15-4-10-7-25-16(20)22-17(10,8-24-15)12-3-2-11(18)5-13(12)19/h2-3,5-6,10,15H,4,7-8H2,1H3,(H2,20,22)/t10-,15+,17-/m0/s1. The minimum Gasteiger partial charge on any atom is -0.449 e. The summed E-state index contributed by atoms with van der Waals surface area (Å²) in [5, 5.41) is 0.388. The first-order valence-electron chi connectivity index (χ1n) is 7.95. The van der Waals surface area contributed by atoms with Gasteiger partial charge in [-0.1, -0.05) is 17.8 Å². The third-order valence-electron chi connectivity index (χ3n) is 4.78. The average Bonchev–Trinajstić information content (AvgIpc) is 3.00. The van der Waals surface area contributed by atoms with Crippen LogP contribution in [-0.4, -0.2) is 22.5 Å². The van der Waals surface area contributed by atoms with Gasteiger partial charge in [-0.2, -0.15) is 0 Å². The van der Waals surface area contributed by atoms with Gasteiger partial charge in [0.1, 0.15) is 35.2 Å². The fourth-order valence-corrected chi connectivity index (χ4v) is 4.56. The molecule has 1 fully saturated rings. The Hall–Kier alpha value is -1.93. The molecule has 1 aromatic carbocycles. The molecular weight excluding hydrogens is 348 g/mol. The van der Waals surface area contributed by atoms with E-state index in [1.165, 1.54) is 23.9 Å². The van der Waals surface area contributed by atoms with E-state index in [9.17, 15) is 8.78 Å². The SMILES string of the molecule is Cc1nc([C@H]2C[C@H]3CSC(N)=N[C@@]3(c3ccc(F)cc3F)CO2)co1. The Balaban J connectivity index is 1.73. The van der Waals surface area contributed by atoms with E-state index in [0.717, 1.165) is 11.8 Å². The minimum atomic E-state index is -0.942. The van der Waals surface area contributed by atoms with E-state index in [1.807, 2.05) is 0 Å². The zero-order valence-electron chi connectivity index (χ0n) is 13.5. The van der Waals surface area contributed by atoms with Crippen molar-refractivity contribution in [2.45, 2.75) is 25.0 Å². The van der Waals surface area contributed by atoms with Crippen molar-refractivity contribution in [3.8, 4) is 0 Å². The van der Waals surface area contributed by atoms with Gasteiger partial charge in [0, 0.05) is 30.2 Å². The highest BCUT2D eigenvalue weighted by atomic mass is 32.2.